The first-order valence-corrected chi connectivity index (χ1v) is 5.41. The molecular formula is C11H9ClF3NO2. The first kappa shape index (κ1) is 14.6. The number of ketones is 2. The third-order valence-electron chi connectivity index (χ3n) is 2.18. The second-order valence-corrected chi connectivity index (χ2v) is 3.95. The fourth-order valence-electron chi connectivity index (χ4n) is 1.19. The Morgan fingerprint density at radius 2 is 2.00 bits per heavy atom. The highest BCUT2D eigenvalue weighted by Gasteiger charge is 2.32. The molecule has 1 rings (SSSR count). The molecule has 0 aliphatic carbocycles. The Kier molecular flexibility index (Phi) is 4.45. The molecule has 0 fully saturated rings. The van der Waals surface area contributed by atoms with Crippen molar-refractivity contribution in [1.82, 2.24) is 4.98 Å². The lowest BCUT2D eigenvalue weighted by Gasteiger charge is -2.08. The third kappa shape index (κ3) is 3.53. The number of aromatic nitrogens is 1. The summed E-state index contributed by atoms with van der Waals surface area (Å²) in [6, 6.07) is 0.623. The van der Waals surface area contributed by atoms with E-state index in [1.165, 1.54) is 0 Å². The van der Waals surface area contributed by atoms with Crippen LogP contribution in [0.4, 0.5) is 13.2 Å². The Labute approximate surface area is 106 Å². The maximum absolute atomic E-state index is 12.3. The molecule has 98 valence electrons. The van der Waals surface area contributed by atoms with Crippen LogP contribution in [0.2, 0.25) is 5.02 Å². The van der Waals surface area contributed by atoms with Crippen LogP contribution < -0.4 is 0 Å². The smallest absolute Gasteiger partial charge is 0.299 e. The van der Waals surface area contributed by atoms with Crippen molar-refractivity contribution in [3.63, 3.8) is 0 Å². The van der Waals surface area contributed by atoms with Gasteiger partial charge in [0.05, 0.1) is 17.0 Å². The van der Waals surface area contributed by atoms with Gasteiger partial charge in [-0.25, -0.2) is 0 Å². The number of pyridine rings is 1. The molecular weight excluding hydrogens is 271 g/mol. The summed E-state index contributed by atoms with van der Waals surface area (Å²) in [5.74, 6) is -1.00. The minimum atomic E-state index is -4.57. The lowest BCUT2D eigenvalue weighted by atomic mass is 10.1. The van der Waals surface area contributed by atoms with Gasteiger partial charge in [0, 0.05) is 12.6 Å². The van der Waals surface area contributed by atoms with Crippen molar-refractivity contribution in [3.8, 4) is 0 Å². The predicted octanol–water partition coefficient (Wildman–Crippen LogP) is 3.31. The average molecular weight is 280 g/mol. The average Bonchev–Trinajstić information content (AvgIpc) is 2.27. The maximum Gasteiger partial charge on any atom is 0.417 e. The normalized spacial score (nSPS) is 11.4. The number of nitrogens with zero attached hydrogens (tertiary/aromatic N) is 1. The maximum atomic E-state index is 12.3. The van der Waals surface area contributed by atoms with E-state index in [2.05, 4.69) is 4.98 Å². The molecule has 1 aromatic rings. The monoisotopic (exact) mass is 279 g/mol. The Balaban J connectivity index is 2.99. The second-order valence-electron chi connectivity index (χ2n) is 3.54. The van der Waals surface area contributed by atoms with Crippen molar-refractivity contribution in [2.75, 3.05) is 0 Å². The highest BCUT2D eigenvalue weighted by atomic mass is 35.5. The number of carbonyl (C=O) groups excluding carboxylic acids is 2. The zero-order valence-corrected chi connectivity index (χ0v) is 10.1. The van der Waals surface area contributed by atoms with E-state index < -0.39 is 29.0 Å². The summed E-state index contributed by atoms with van der Waals surface area (Å²) >= 11 is 5.56. The van der Waals surface area contributed by atoms with Gasteiger partial charge < -0.3 is 0 Å². The molecule has 0 spiro atoms. The summed E-state index contributed by atoms with van der Waals surface area (Å²) in [5, 5.41) is -0.404. The van der Waals surface area contributed by atoms with Crippen LogP contribution in [0.15, 0.2) is 12.3 Å². The molecule has 18 heavy (non-hydrogen) atoms. The van der Waals surface area contributed by atoms with Crippen LogP contribution in [0.1, 0.15) is 35.8 Å². The molecule has 1 heterocycles. The second kappa shape index (κ2) is 5.48. The van der Waals surface area contributed by atoms with Crippen molar-refractivity contribution >= 4 is 23.2 Å². The molecule has 1 aromatic heterocycles. The van der Waals surface area contributed by atoms with Crippen molar-refractivity contribution < 1.29 is 22.8 Å². The van der Waals surface area contributed by atoms with E-state index in [1.807, 2.05) is 0 Å². The van der Waals surface area contributed by atoms with E-state index >= 15 is 0 Å². The number of halogens is 4. The van der Waals surface area contributed by atoms with Crippen molar-refractivity contribution in [1.29, 1.82) is 0 Å². The Morgan fingerprint density at radius 1 is 1.39 bits per heavy atom. The van der Waals surface area contributed by atoms with Crippen LogP contribution in [-0.2, 0) is 11.0 Å². The Bertz CT molecular complexity index is 486. The lowest BCUT2D eigenvalue weighted by Crippen LogP contribution is -2.12. The van der Waals surface area contributed by atoms with E-state index in [0.29, 0.717) is 12.3 Å². The van der Waals surface area contributed by atoms with E-state index in [-0.39, 0.29) is 17.9 Å². The molecule has 0 unspecified atom stereocenters. The molecule has 0 saturated heterocycles. The quantitative estimate of drug-likeness (QED) is 0.627. The molecule has 0 N–H and O–H groups in total. The summed E-state index contributed by atoms with van der Waals surface area (Å²) in [4.78, 5) is 26.0. The molecule has 0 atom stereocenters. The molecule has 3 nitrogen and oxygen atoms in total. The zero-order valence-electron chi connectivity index (χ0n) is 9.34. The van der Waals surface area contributed by atoms with Gasteiger partial charge in [-0.1, -0.05) is 18.5 Å². The van der Waals surface area contributed by atoms with E-state index in [1.54, 1.807) is 6.92 Å². The van der Waals surface area contributed by atoms with Crippen LogP contribution >= 0.6 is 11.6 Å². The highest BCUT2D eigenvalue weighted by molar-refractivity contribution is 6.34. The van der Waals surface area contributed by atoms with Crippen LogP contribution in [0.25, 0.3) is 0 Å². The van der Waals surface area contributed by atoms with Crippen molar-refractivity contribution in [2.24, 2.45) is 0 Å². The van der Waals surface area contributed by atoms with E-state index in [9.17, 15) is 22.8 Å². The number of rotatable bonds is 4. The van der Waals surface area contributed by atoms with Crippen LogP contribution in [-0.4, -0.2) is 16.6 Å². The van der Waals surface area contributed by atoms with Gasteiger partial charge >= 0.3 is 6.18 Å². The summed E-state index contributed by atoms with van der Waals surface area (Å²) in [5.41, 5.74) is -1.35. The fraction of sp³-hybridized carbons (Fsp3) is 0.364. The van der Waals surface area contributed by atoms with Gasteiger partial charge in [0.25, 0.3) is 0 Å². The van der Waals surface area contributed by atoms with Crippen molar-refractivity contribution in [2.45, 2.75) is 25.9 Å². The molecule has 7 heteroatoms. The SMILES string of the molecule is CCC(=O)CC(=O)c1ncc(C(F)(F)F)cc1Cl. The van der Waals surface area contributed by atoms with E-state index in [4.69, 9.17) is 11.6 Å². The van der Waals surface area contributed by atoms with Crippen molar-refractivity contribution in [3.05, 3.63) is 28.5 Å². The number of hydrogen-bond donors (Lipinski definition) is 0. The third-order valence-corrected chi connectivity index (χ3v) is 2.47. The molecule has 0 aliphatic rings. The van der Waals surface area contributed by atoms with Crippen LogP contribution in [0.5, 0.6) is 0 Å². The number of carbonyl (C=O) groups is 2. The van der Waals surface area contributed by atoms with Crippen LogP contribution in [0.3, 0.4) is 0 Å². The molecule has 0 aromatic carbocycles. The molecule has 0 amide bonds. The van der Waals surface area contributed by atoms with Gasteiger partial charge in [-0.05, 0) is 6.07 Å². The van der Waals surface area contributed by atoms with Gasteiger partial charge in [-0.2, -0.15) is 13.2 Å². The standard InChI is InChI=1S/C11H9ClF3NO2/c1-2-7(17)4-9(18)10-8(12)3-6(5-16-10)11(13,14)15/h3,5H,2,4H2,1H3. The minimum Gasteiger partial charge on any atom is -0.299 e. The number of Topliss-reactive ketones (excluding diaryl/α,β-unsaturated/α-hetero) is 2. The summed E-state index contributed by atoms with van der Waals surface area (Å²) < 4.78 is 37.0. The Hall–Kier alpha value is -1.43. The van der Waals surface area contributed by atoms with Gasteiger partial charge in [0.2, 0.25) is 0 Å². The lowest BCUT2D eigenvalue weighted by molar-refractivity contribution is -0.137. The summed E-state index contributed by atoms with van der Waals surface area (Å²) in [6.45, 7) is 1.58. The van der Waals surface area contributed by atoms with Gasteiger partial charge in [0.1, 0.15) is 11.5 Å². The number of alkyl halides is 3. The Morgan fingerprint density at radius 3 is 2.44 bits per heavy atom. The fourth-order valence-corrected chi connectivity index (χ4v) is 1.46. The molecule has 0 bridgehead atoms. The first-order chi connectivity index (χ1) is 8.25. The molecule has 0 radical (unpaired) electrons. The minimum absolute atomic E-state index is 0.171. The zero-order chi connectivity index (χ0) is 13.9. The molecule has 0 saturated carbocycles. The van der Waals surface area contributed by atoms with Gasteiger partial charge in [-0.3, -0.25) is 14.6 Å². The largest absolute Gasteiger partial charge is 0.417 e. The van der Waals surface area contributed by atoms with Gasteiger partial charge in [-0.15, -0.1) is 0 Å². The van der Waals surface area contributed by atoms with Crippen LogP contribution in [0, 0.1) is 0 Å². The molecule has 0 aliphatic heterocycles. The first-order valence-electron chi connectivity index (χ1n) is 5.03. The summed E-state index contributed by atoms with van der Waals surface area (Å²) in [7, 11) is 0. The van der Waals surface area contributed by atoms with Gasteiger partial charge in [0.15, 0.2) is 5.78 Å². The number of hydrogen-bond acceptors (Lipinski definition) is 3. The topological polar surface area (TPSA) is 47.0 Å². The van der Waals surface area contributed by atoms with E-state index in [0.717, 1.165) is 0 Å². The predicted molar refractivity (Wildman–Crippen MR) is 58.5 cm³/mol. The summed E-state index contributed by atoms with van der Waals surface area (Å²) in [6.07, 6.45) is -4.29. The highest BCUT2D eigenvalue weighted by Crippen LogP contribution is 2.31.